The number of aromatic hydroxyl groups is 1. The molecule has 0 amide bonds. The average molecular weight is 405 g/mol. The van der Waals surface area contributed by atoms with Gasteiger partial charge in [0.25, 0.3) is 0 Å². The van der Waals surface area contributed by atoms with Crippen LogP contribution in [0.2, 0.25) is 0 Å². The van der Waals surface area contributed by atoms with Crippen LogP contribution < -0.4 is 4.90 Å². The zero-order chi connectivity index (χ0) is 20.7. The Morgan fingerprint density at radius 3 is 1.18 bits per heavy atom. The van der Waals surface area contributed by atoms with Crippen LogP contribution in [0.5, 0.6) is 5.75 Å². The van der Waals surface area contributed by atoms with Crippen molar-refractivity contribution in [3.8, 4) is 5.75 Å². The van der Waals surface area contributed by atoms with Crippen molar-refractivity contribution in [1.82, 2.24) is 0 Å². The lowest BCUT2D eigenvalue weighted by atomic mass is 10.1. The van der Waals surface area contributed by atoms with E-state index in [9.17, 15) is 40.2 Å². The van der Waals surface area contributed by atoms with Gasteiger partial charge in [0.15, 0.2) is 46.5 Å². The molecule has 0 aliphatic heterocycles. The normalized spacial score (nSPS) is 11.0. The molecule has 0 aliphatic carbocycles. The molecule has 1 N–H and O–H groups in total. The monoisotopic (exact) mass is 405 g/mol. The number of rotatable bonds is 3. The topological polar surface area (TPSA) is 23.5 Å². The minimum Gasteiger partial charge on any atom is -0.508 e. The summed E-state index contributed by atoms with van der Waals surface area (Å²) in [5.74, 6) is -16.4. The van der Waals surface area contributed by atoms with E-state index >= 15 is 0 Å². The summed E-state index contributed by atoms with van der Waals surface area (Å²) < 4.78 is 112. The van der Waals surface area contributed by atoms with Gasteiger partial charge in [-0.05, 0) is 24.3 Å². The molecule has 0 spiro atoms. The van der Waals surface area contributed by atoms with Gasteiger partial charge in [-0.15, -0.1) is 0 Å². The minimum atomic E-state index is -2.07. The highest BCUT2D eigenvalue weighted by atomic mass is 19.2. The molecule has 3 aromatic rings. The highest BCUT2D eigenvalue weighted by molar-refractivity contribution is 5.78. The fourth-order valence-corrected chi connectivity index (χ4v) is 2.49. The van der Waals surface area contributed by atoms with Gasteiger partial charge in [-0.25, -0.2) is 35.1 Å². The van der Waals surface area contributed by atoms with Gasteiger partial charge < -0.3 is 5.11 Å². The summed E-state index contributed by atoms with van der Waals surface area (Å²) in [5.41, 5.74) is -3.89. The summed E-state index contributed by atoms with van der Waals surface area (Å²) in [6.07, 6.45) is 0. The number of hydrogen-bond donors (Lipinski definition) is 1. The maximum atomic E-state index is 14.3. The van der Waals surface area contributed by atoms with E-state index in [1.807, 2.05) is 0 Å². The summed E-state index contributed by atoms with van der Waals surface area (Å²) in [5, 5.41) is 9.32. The molecular weight excluding hydrogens is 398 g/mol. The Labute approximate surface area is 151 Å². The first-order chi connectivity index (χ1) is 13.1. The van der Waals surface area contributed by atoms with Crippen molar-refractivity contribution in [2.24, 2.45) is 0 Å². The van der Waals surface area contributed by atoms with Gasteiger partial charge in [0.05, 0.1) is 0 Å². The van der Waals surface area contributed by atoms with E-state index in [-0.39, 0.29) is 22.8 Å². The van der Waals surface area contributed by atoms with E-state index in [2.05, 4.69) is 0 Å². The first-order valence-corrected chi connectivity index (χ1v) is 7.38. The van der Waals surface area contributed by atoms with Crippen LogP contribution in [0.3, 0.4) is 0 Å². The largest absolute Gasteiger partial charge is 0.508 e. The van der Waals surface area contributed by atoms with Crippen molar-refractivity contribution in [3.63, 3.8) is 0 Å². The standard InChI is InChI=1S/C18H7F8NO/c19-9-5-10(20)14(24)17(13(9)23)27(7-1-3-8(28)4-2-7)18-15(25)11(21)6-12(22)16(18)26/h1-6,28H. The van der Waals surface area contributed by atoms with Crippen LogP contribution in [-0.2, 0) is 0 Å². The Morgan fingerprint density at radius 2 is 0.857 bits per heavy atom. The molecule has 146 valence electrons. The van der Waals surface area contributed by atoms with Crippen molar-refractivity contribution in [2.45, 2.75) is 0 Å². The van der Waals surface area contributed by atoms with Crippen molar-refractivity contribution in [1.29, 1.82) is 0 Å². The molecule has 2 nitrogen and oxygen atoms in total. The Bertz CT molecular complexity index is 953. The van der Waals surface area contributed by atoms with Gasteiger partial charge in [-0.2, -0.15) is 0 Å². The number of halogens is 8. The summed E-state index contributed by atoms with van der Waals surface area (Å²) in [7, 11) is 0. The van der Waals surface area contributed by atoms with Crippen molar-refractivity contribution in [2.75, 3.05) is 4.90 Å². The number of phenols is 1. The Balaban J connectivity index is 2.45. The lowest BCUT2D eigenvalue weighted by Gasteiger charge is -2.27. The second-order valence-corrected chi connectivity index (χ2v) is 5.49. The third kappa shape index (κ3) is 3.10. The predicted octanol–water partition coefficient (Wildman–Crippen LogP) is 5.97. The van der Waals surface area contributed by atoms with Gasteiger partial charge in [-0.3, -0.25) is 4.90 Å². The second-order valence-electron chi connectivity index (χ2n) is 5.49. The van der Waals surface area contributed by atoms with Gasteiger partial charge in [-0.1, -0.05) is 0 Å². The number of nitrogens with zero attached hydrogens (tertiary/aromatic N) is 1. The molecule has 3 aromatic carbocycles. The van der Waals surface area contributed by atoms with E-state index in [0.717, 1.165) is 24.3 Å². The highest BCUT2D eigenvalue weighted by Crippen LogP contribution is 2.43. The molecule has 0 radical (unpaired) electrons. The number of benzene rings is 3. The Kier molecular flexibility index (Phi) is 4.88. The first kappa shape index (κ1) is 19.5. The molecular formula is C18H7F8NO. The minimum absolute atomic E-state index is 0.0763. The predicted molar refractivity (Wildman–Crippen MR) is 82.5 cm³/mol. The van der Waals surface area contributed by atoms with Crippen LogP contribution in [0, 0.1) is 46.5 Å². The fraction of sp³-hybridized carbons (Fsp3) is 0. The van der Waals surface area contributed by atoms with Crippen LogP contribution in [0.1, 0.15) is 0 Å². The number of anilines is 3. The third-order valence-electron chi connectivity index (χ3n) is 3.73. The molecule has 0 aromatic heterocycles. The van der Waals surface area contributed by atoms with Crippen LogP contribution in [0.4, 0.5) is 52.2 Å². The lowest BCUT2D eigenvalue weighted by Crippen LogP contribution is -2.19. The quantitative estimate of drug-likeness (QED) is 0.429. The van der Waals surface area contributed by atoms with E-state index in [1.165, 1.54) is 0 Å². The number of phenolic OH excluding ortho intramolecular Hbond substituents is 1. The van der Waals surface area contributed by atoms with Gasteiger partial charge >= 0.3 is 0 Å². The molecule has 0 saturated heterocycles. The van der Waals surface area contributed by atoms with Gasteiger partial charge in [0.1, 0.15) is 17.1 Å². The van der Waals surface area contributed by atoms with Crippen LogP contribution in [-0.4, -0.2) is 5.11 Å². The van der Waals surface area contributed by atoms with Crippen LogP contribution >= 0.6 is 0 Å². The maximum absolute atomic E-state index is 14.3. The smallest absolute Gasteiger partial charge is 0.186 e. The summed E-state index contributed by atoms with van der Waals surface area (Å²) in [6.45, 7) is 0. The van der Waals surface area contributed by atoms with Crippen LogP contribution in [0.15, 0.2) is 36.4 Å². The molecule has 0 saturated carbocycles. The Morgan fingerprint density at radius 1 is 0.536 bits per heavy atom. The average Bonchev–Trinajstić information content (AvgIpc) is 2.64. The second kappa shape index (κ2) is 7.02. The number of hydrogen-bond acceptors (Lipinski definition) is 2. The SMILES string of the molecule is Oc1ccc(N(c2c(F)c(F)cc(F)c2F)c2c(F)c(F)cc(F)c2F)cc1. The van der Waals surface area contributed by atoms with Crippen molar-refractivity contribution < 1.29 is 40.2 Å². The summed E-state index contributed by atoms with van der Waals surface area (Å²) in [6, 6.07) is 3.19. The van der Waals surface area contributed by atoms with Crippen molar-refractivity contribution >= 4 is 17.1 Å². The summed E-state index contributed by atoms with van der Waals surface area (Å²) >= 11 is 0. The highest BCUT2D eigenvalue weighted by Gasteiger charge is 2.32. The zero-order valence-corrected chi connectivity index (χ0v) is 13.4. The van der Waals surface area contributed by atoms with E-state index in [4.69, 9.17) is 0 Å². The molecule has 0 aliphatic rings. The first-order valence-electron chi connectivity index (χ1n) is 7.38. The summed E-state index contributed by atoms with van der Waals surface area (Å²) in [4.78, 5) is -0.0763. The van der Waals surface area contributed by atoms with E-state index < -0.39 is 63.6 Å². The molecule has 0 atom stereocenters. The molecule has 28 heavy (non-hydrogen) atoms. The van der Waals surface area contributed by atoms with E-state index in [1.54, 1.807) is 0 Å². The fourth-order valence-electron chi connectivity index (χ4n) is 2.49. The van der Waals surface area contributed by atoms with Crippen LogP contribution in [0.25, 0.3) is 0 Å². The zero-order valence-electron chi connectivity index (χ0n) is 13.4. The van der Waals surface area contributed by atoms with Gasteiger partial charge in [0.2, 0.25) is 0 Å². The molecule has 10 heteroatoms. The molecule has 0 unspecified atom stereocenters. The Hall–Kier alpha value is -3.30. The van der Waals surface area contributed by atoms with Gasteiger partial charge in [0, 0.05) is 17.8 Å². The van der Waals surface area contributed by atoms with Crippen molar-refractivity contribution in [3.05, 3.63) is 82.9 Å². The molecule has 3 rings (SSSR count). The molecule has 0 fully saturated rings. The molecule has 0 heterocycles. The van der Waals surface area contributed by atoms with E-state index in [0.29, 0.717) is 0 Å². The molecule has 0 bridgehead atoms. The lowest BCUT2D eigenvalue weighted by molar-refractivity contribution is 0.447. The third-order valence-corrected chi connectivity index (χ3v) is 3.73. The maximum Gasteiger partial charge on any atom is 0.186 e.